The quantitative estimate of drug-likeness (QED) is 0.555. The number of hydrogen-bond acceptors (Lipinski definition) is 2. The average Bonchev–Trinajstić information content (AvgIpc) is 2.87. The first-order chi connectivity index (χ1) is 6.55. The molecule has 0 saturated carbocycles. The van der Waals surface area contributed by atoms with Crippen LogP contribution in [0.5, 0.6) is 0 Å². The van der Waals surface area contributed by atoms with Crippen molar-refractivity contribution >= 4 is 11.9 Å². The normalized spacial score (nSPS) is 17.1. The largest absolute Gasteiger partial charge is 0.416 e. The molecule has 0 atom stereocenters. The lowest BCUT2D eigenvalue weighted by molar-refractivity contribution is -0.137. The first-order valence-electron chi connectivity index (χ1n) is 4.16. The monoisotopic (exact) mass is 219 g/mol. The van der Waals surface area contributed by atoms with Gasteiger partial charge in [-0.25, -0.2) is 4.31 Å². The van der Waals surface area contributed by atoms with Crippen LogP contribution in [0.3, 0.4) is 0 Å². The predicted octanol–water partition coefficient (Wildman–Crippen LogP) is 3.03. The Morgan fingerprint density at radius 2 is 1.93 bits per heavy atom. The molecule has 2 rings (SSSR count). The number of alkyl halides is 3. The van der Waals surface area contributed by atoms with Crippen molar-refractivity contribution in [3.8, 4) is 0 Å². The van der Waals surface area contributed by atoms with Crippen LogP contribution < -0.4 is 0 Å². The number of benzene rings is 1. The lowest BCUT2D eigenvalue weighted by atomic mass is 10.2. The van der Waals surface area contributed by atoms with Gasteiger partial charge in [-0.05, 0) is 30.1 Å². The van der Waals surface area contributed by atoms with E-state index in [0.717, 1.165) is 19.2 Å². The average molecular weight is 219 g/mol. The molecule has 0 unspecified atom stereocenters. The molecule has 1 aliphatic rings. The van der Waals surface area contributed by atoms with E-state index in [1.54, 1.807) is 6.07 Å². The summed E-state index contributed by atoms with van der Waals surface area (Å²) in [6.45, 7) is 1.92. The molecule has 1 heterocycles. The van der Waals surface area contributed by atoms with Gasteiger partial charge in [-0.15, -0.1) is 0 Å². The van der Waals surface area contributed by atoms with Gasteiger partial charge in [0, 0.05) is 18.0 Å². The Morgan fingerprint density at radius 3 is 2.50 bits per heavy atom. The maximum Gasteiger partial charge on any atom is 0.416 e. The van der Waals surface area contributed by atoms with Gasteiger partial charge < -0.3 is 0 Å². The summed E-state index contributed by atoms with van der Waals surface area (Å²) >= 11 is 1.37. The highest BCUT2D eigenvalue weighted by atomic mass is 32.2. The standard InChI is InChI=1S/C9H8F3NS/c10-9(11,12)7-2-1-3-8(6-7)14-13-4-5-13/h1-3,6H,4-5H2. The van der Waals surface area contributed by atoms with E-state index in [1.807, 2.05) is 4.31 Å². The Bertz CT molecular complexity index is 333. The second kappa shape index (κ2) is 3.47. The van der Waals surface area contributed by atoms with E-state index >= 15 is 0 Å². The minimum Gasteiger partial charge on any atom is -0.244 e. The molecule has 1 aliphatic heterocycles. The zero-order chi connectivity index (χ0) is 10.2. The molecule has 1 fully saturated rings. The third-order valence-electron chi connectivity index (χ3n) is 1.80. The van der Waals surface area contributed by atoms with E-state index in [-0.39, 0.29) is 0 Å². The second-order valence-electron chi connectivity index (χ2n) is 3.05. The van der Waals surface area contributed by atoms with Crippen molar-refractivity contribution in [1.82, 2.24) is 4.31 Å². The van der Waals surface area contributed by atoms with Gasteiger partial charge in [0.1, 0.15) is 0 Å². The molecule has 14 heavy (non-hydrogen) atoms. The van der Waals surface area contributed by atoms with Gasteiger partial charge in [0.15, 0.2) is 0 Å². The predicted molar refractivity (Wildman–Crippen MR) is 48.9 cm³/mol. The minimum atomic E-state index is -4.24. The summed E-state index contributed by atoms with van der Waals surface area (Å²) in [6.07, 6.45) is -4.24. The van der Waals surface area contributed by atoms with Crippen molar-refractivity contribution < 1.29 is 13.2 Å². The van der Waals surface area contributed by atoms with Crippen molar-refractivity contribution in [3.63, 3.8) is 0 Å². The molecular formula is C9H8F3NS. The van der Waals surface area contributed by atoms with E-state index in [4.69, 9.17) is 0 Å². The van der Waals surface area contributed by atoms with Crippen LogP contribution in [0.1, 0.15) is 5.56 Å². The summed E-state index contributed by atoms with van der Waals surface area (Å²) in [4.78, 5) is 0.650. The van der Waals surface area contributed by atoms with Crippen LogP contribution in [0.15, 0.2) is 29.2 Å². The van der Waals surface area contributed by atoms with E-state index in [9.17, 15) is 13.2 Å². The Kier molecular flexibility index (Phi) is 2.45. The Morgan fingerprint density at radius 1 is 1.21 bits per heavy atom. The molecule has 0 spiro atoms. The van der Waals surface area contributed by atoms with E-state index < -0.39 is 11.7 Å². The first kappa shape index (κ1) is 9.86. The van der Waals surface area contributed by atoms with Crippen molar-refractivity contribution in [2.45, 2.75) is 11.1 Å². The van der Waals surface area contributed by atoms with Gasteiger partial charge >= 0.3 is 6.18 Å². The molecule has 1 saturated heterocycles. The molecule has 0 aromatic heterocycles. The third kappa shape index (κ3) is 2.42. The molecule has 5 heteroatoms. The third-order valence-corrected chi connectivity index (χ3v) is 2.89. The fourth-order valence-corrected chi connectivity index (χ4v) is 1.89. The first-order valence-corrected chi connectivity index (χ1v) is 4.93. The maximum atomic E-state index is 12.3. The number of halogens is 3. The molecule has 1 aromatic carbocycles. The van der Waals surface area contributed by atoms with Crippen LogP contribution >= 0.6 is 11.9 Å². The summed E-state index contributed by atoms with van der Waals surface area (Å²) in [6, 6.07) is 5.40. The highest BCUT2D eigenvalue weighted by molar-refractivity contribution is 7.97. The summed E-state index contributed by atoms with van der Waals surface area (Å²) in [5, 5.41) is 0. The Labute approximate surface area is 84.0 Å². The van der Waals surface area contributed by atoms with Gasteiger partial charge in [-0.1, -0.05) is 6.07 Å². The van der Waals surface area contributed by atoms with Crippen LogP contribution in [-0.4, -0.2) is 17.4 Å². The summed E-state index contributed by atoms with van der Waals surface area (Å²) in [5.74, 6) is 0. The fraction of sp³-hybridized carbons (Fsp3) is 0.333. The molecule has 0 aliphatic carbocycles. The minimum absolute atomic E-state index is 0.579. The maximum absolute atomic E-state index is 12.3. The van der Waals surface area contributed by atoms with E-state index in [0.29, 0.717) is 4.90 Å². The van der Waals surface area contributed by atoms with Crippen molar-refractivity contribution in [3.05, 3.63) is 29.8 Å². The van der Waals surface area contributed by atoms with Crippen LogP contribution in [0.25, 0.3) is 0 Å². The fourth-order valence-electron chi connectivity index (χ4n) is 1.01. The van der Waals surface area contributed by atoms with Gasteiger partial charge in [0.05, 0.1) is 5.56 Å². The van der Waals surface area contributed by atoms with E-state index in [1.165, 1.54) is 24.1 Å². The van der Waals surface area contributed by atoms with E-state index in [2.05, 4.69) is 0 Å². The van der Waals surface area contributed by atoms with Crippen LogP contribution in [0, 0.1) is 0 Å². The van der Waals surface area contributed by atoms with Crippen LogP contribution in [0.2, 0.25) is 0 Å². The molecule has 0 amide bonds. The lowest BCUT2D eigenvalue weighted by Crippen LogP contribution is -2.04. The van der Waals surface area contributed by atoms with Gasteiger partial charge in [0.25, 0.3) is 0 Å². The summed E-state index contributed by atoms with van der Waals surface area (Å²) in [5.41, 5.74) is -0.579. The number of rotatable bonds is 2. The van der Waals surface area contributed by atoms with Gasteiger partial charge in [-0.3, -0.25) is 0 Å². The van der Waals surface area contributed by atoms with Crippen LogP contribution in [-0.2, 0) is 6.18 Å². The molecule has 0 N–H and O–H groups in total. The second-order valence-corrected chi connectivity index (χ2v) is 4.22. The number of nitrogens with zero attached hydrogens (tertiary/aromatic N) is 1. The highest BCUT2D eigenvalue weighted by Gasteiger charge is 2.30. The zero-order valence-electron chi connectivity index (χ0n) is 7.21. The Hall–Kier alpha value is -0.680. The summed E-state index contributed by atoms with van der Waals surface area (Å²) < 4.78 is 38.9. The van der Waals surface area contributed by atoms with Crippen LogP contribution in [0.4, 0.5) is 13.2 Å². The van der Waals surface area contributed by atoms with Gasteiger partial charge in [-0.2, -0.15) is 13.2 Å². The lowest BCUT2D eigenvalue weighted by Gasteiger charge is -2.08. The molecule has 1 aromatic rings. The van der Waals surface area contributed by atoms with Gasteiger partial charge in [0.2, 0.25) is 0 Å². The van der Waals surface area contributed by atoms with Crippen molar-refractivity contribution in [2.24, 2.45) is 0 Å². The molecular weight excluding hydrogens is 211 g/mol. The SMILES string of the molecule is FC(F)(F)c1cccc(SN2CC2)c1. The topological polar surface area (TPSA) is 3.01 Å². The van der Waals surface area contributed by atoms with Crippen molar-refractivity contribution in [2.75, 3.05) is 13.1 Å². The smallest absolute Gasteiger partial charge is 0.244 e. The molecule has 0 bridgehead atoms. The zero-order valence-corrected chi connectivity index (χ0v) is 8.03. The molecule has 76 valence electrons. The summed E-state index contributed by atoms with van der Waals surface area (Å²) in [7, 11) is 0. The Balaban J connectivity index is 2.17. The number of hydrogen-bond donors (Lipinski definition) is 0. The van der Waals surface area contributed by atoms with Crippen molar-refractivity contribution in [1.29, 1.82) is 0 Å². The highest BCUT2D eigenvalue weighted by Crippen LogP contribution is 2.34. The molecule has 0 radical (unpaired) electrons. The molecule has 1 nitrogen and oxygen atoms in total.